The summed E-state index contributed by atoms with van der Waals surface area (Å²) in [5, 5.41) is 0. The Hall–Kier alpha value is -1.55. The molecule has 0 heterocycles. The van der Waals surface area contributed by atoms with Crippen molar-refractivity contribution in [3.05, 3.63) is 29.8 Å². The zero-order chi connectivity index (χ0) is 12.7. The lowest BCUT2D eigenvalue weighted by Crippen LogP contribution is -2.32. The van der Waals surface area contributed by atoms with E-state index in [9.17, 15) is 4.79 Å². The molecule has 0 bridgehead atoms. The van der Waals surface area contributed by atoms with E-state index in [1.54, 1.807) is 6.92 Å². The zero-order valence-electron chi connectivity index (χ0n) is 10.2. The molecule has 0 aromatic heterocycles. The van der Waals surface area contributed by atoms with Gasteiger partial charge < -0.3 is 16.2 Å². The highest BCUT2D eigenvalue weighted by atomic mass is 16.5. The highest BCUT2D eigenvalue weighted by Crippen LogP contribution is 2.09. The van der Waals surface area contributed by atoms with Crippen LogP contribution in [0.4, 0.5) is 5.69 Å². The lowest BCUT2D eigenvalue weighted by atomic mass is 10.0. The van der Waals surface area contributed by atoms with E-state index in [0.717, 1.165) is 18.5 Å². The minimum absolute atomic E-state index is 0.315. The largest absolute Gasteiger partial charge is 0.465 e. The van der Waals surface area contributed by atoms with Gasteiger partial charge in [-0.2, -0.15) is 0 Å². The summed E-state index contributed by atoms with van der Waals surface area (Å²) in [7, 11) is 0. The second-order valence-corrected chi connectivity index (χ2v) is 3.99. The second kappa shape index (κ2) is 6.91. The molecule has 1 rings (SSSR count). The Kier molecular flexibility index (Phi) is 5.49. The summed E-state index contributed by atoms with van der Waals surface area (Å²) in [4.78, 5) is 11.3. The minimum Gasteiger partial charge on any atom is -0.465 e. The quantitative estimate of drug-likeness (QED) is 0.579. The Morgan fingerprint density at radius 2 is 2.00 bits per heavy atom. The number of hydrogen-bond donors (Lipinski definition) is 2. The van der Waals surface area contributed by atoms with E-state index in [0.29, 0.717) is 13.0 Å². The van der Waals surface area contributed by atoms with Gasteiger partial charge in [-0.05, 0) is 43.9 Å². The molecule has 0 aliphatic carbocycles. The van der Waals surface area contributed by atoms with E-state index < -0.39 is 6.04 Å². The van der Waals surface area contributed by atoms with Gasteiger partial charge in [-0.3, -0.25) is 4.79 Å². The van der Waals surface area contributed by atoms with Crippen molar-refractivity contribution in [3.8, 4) is 0 Å². The summed E-state index contributed by atoms with van der Waals surface area (Å²) in [6, 6.07) is 7.22. The Morgan fingerprint density at radius 1 is 1.35 bits per heavy atom. The van der Waals surface area contributed by atoms with E-state index in [4.69, 9.17) is 16.2 Å². The summed E-state index contributed by atoms with van der Waals surface area (Å²) >= 11 is 0. The molecular weight excluding hydrogens is 216 g/mol. The maximum Gasteiger partial charge on any atom is 0.322 e. The summed E-state index contributed by atoms with van der Waals surface area (Å²) < 4.78 is 4.84. The number of rotatable bonds is 6. The molecule has 0 radical (unpaired) electrons. The van der Waals surface area contributed by atoms with Crippen LogP contribution >= 0.6 is 0 Å². The van der Waals surface area contributed by atoms with Crippen LogP contribution in [0.3, 0.4) is 0 Å². The molecule has 4 N–H and O–H groups in total. The van der Waals surface area contributed by atoms with Gasteiger partial charge in [-0.25, -0.2) is 0 Å². The standard InChI is InChI=1S/C13H20N2O2/c1-2-17-13(16)12(15)5-3-4-10-6-8-11(14)9-7-10/h6-9,12H,2-5,14-15H2,1H3. The van der Waals surface area contributed by atoms with Crippen molar-refractivity contribution in [1.82, 2.24) is 0 Å². The first-order valence-electron chi connectivity index (χ1n) is 5.90. The first-order chi connectivity index (χ1) is 8.13. The van der Waals surface area contributed by atoms with Crippen molar-refractivity contribution in [3.63, 3.8) is 0 Å². The molecule has 0 aliphatic rings. The van der Waals surface area contributed by atoms with Gasteiger partial charge in [-0.15, -0.1) is 0 Å². The number of esters is 1. The first-order valence-corrected chi connectivity index (χ1v) is 5.90. The van der Waals surface area contributed by atoms with Crippen LogP contribution in [0.5, 0.6) is 0 Å². The monoisotopic (exact) mass is 236 g/mol. The predicted molar refractivity (Wildman–Crippen MR) is 68.4 cm³/mol. The molecule has 0 saturated heterocycles. The van der Waals surface area contributed by atoms with Crippen molar-refractivity contribution in [1.29, 1.82) is 0 Å². The summed E-state index contributed by atoms with van der Waals surface area (Å²) in [6.07, 6.45) is 2.40. The fourth-order valence-corrected chi connectivity index (χ4v) is 1.58. The third kappa shape index (κ3) is 4.87. The van der Waals surface area contributed by atoms with Gasteiger partial charge in [-0.1, -0.05) is 12.1 Å². The third-order valence-electron chi connectivity index (χ3n) is 2.55. The van der Waals surface area contributed by atoms with Gasteiger partial charge in [0.15, 0.2) is 0 Å². The highest BCUT2D eigenvalue weighted by molar-refractivity contribution is 5.75. The van der Waals surface area contributed by atoms with Gasteiger partial charge in [0.25, 0.3) is 0 Å². The molecule has 17 heavy (non-hydrogen) atoms. The van der Waals surface area contributed by atoms with E-state index in [2.05, 4.69) is 0 Å². The fourth-order valence-electron chi connectivity index (χ4n) is 1.58. The molecule has 94 valence electrons. The summed E-state index contributed by atoms with van der Waals surface area (Å²) in [5.41, 5.74) is 13.3. The van der Waals surface area contributed by atoms with Crippen LogP contribution in [0.2, 0.25) is 0 Å². The average molecular weight is 236 g/mol. The third-order valence-corrected chi connectivity index (χ3v) is 2.55. The first kappa shape index (κ1) is 13.5. The van der Waals surface area contributed by atoms with Gasteiger partial charge >= 0.3 is 5.97 Å². The molecule has 1 aromatic carbocycles. The van der Waals surface area contributed by atoms with E-state index in [1.807, 2.05) is 24.3 Å². The molecule has 0 saturated carbocycles. The van der Waals surface area contributed by atoms with Crippen LogP contribution in [-0.4, -0.2) is 18.6 Å². The zero-order valence-corrected chi connectivity index (χ0v) is 10.2. The molecule has 0 fully saturated rings. The van der Waals surface area contributed by atoms with Gasteiger partial charge in [0, 0.05) is 5.69 Å². The predicted octanol–water partition coefficient (Wildman–Crippen LogP) is 1.48. The minimum atomic E-state index is -0.510. The highest BCUT2D eigenvalue weighted by Gasteiger charge is 2.13. The lowest BCUT2D eigenvalue weighted by molar-refractivity contribution is -0.144. The number of aryl methyl sites for hydroxylation is 1. The van der Waals surface area contributed by atoms with Crippen LogP contribution in [0.25, 0.3) is 0 Å². The maximum absolute atomic E-state index is 11.3. The van der Waals surface area contributed by atoms with E-state index in [-0.39, 0.29) is 5.97 Å². The maximum atomic E-state index is 11.3. The summed E-state index contributed by atoms with van der Waals surface area (Å²) in [6.45, 7) is 2.16. The number of carbonyl (C=O) groups is 1. The molecule has 0 aliphatic heterocycles. The molecule has 0 amide bonds. The number of nitrogens with two attached hydrogens (primary N) is 2. The molecule has 4 nitrogen and oxygen atoms in total. The Labute approximate surface area is 102 Å². The number of carbonyl (C=O) groups excluding carboxylic acids is 1. The SMILES string of the molecule is CCOC(=O)C(N)CCCc1ccc(N)cc1. The second-order valence-electron chi connectivity index (χ2n) is 3.99. The Balaban J connectivity index is 2.27. The van der Waals surface area contributed by atoms with Crippen molar-refractivity contribution in [2.75, 3.05) is 12.3 Å². The smallest absolute Gasteiger partial charge is 0.322 e. The molecule has 1 aromatic rings. The van der Waals surface area contributed by atoms with Crippen molar-refractivity contribution in [2.45, 2.75) is 32.2 Å². The van der Waals surface area contributed by atoms with Gasteiger partial charge in [0.2, 0.25) is 0 Å². The Morgan fingerprint density at radius 3 is 2.59 bits per heavy atom. The topological polar surface area (TPSA) is 78.3 Å². The van der Waals surface area contributed by atoms with Gasteiger partial charge in [0.05, 0.1) is 6.61 Å². The fraction of sp³-hybridized carbons (Fsp3) is 0.462. The normalized spacial score (nSPS) is 12.1. The molecule has 1 atom stereocenters. The van der Waals surface area contributed by atoms with Crippen LogP contribution in [0.1, 0.15) is 25.3 Å². The summed E-state index contributed by atoms with van der Waals surface area (Å²) in [5.74, 6) is -0.315. The molecule has 1 unspecified atom stereocenters. The van der Waals surface area contributed by atoms with Crippen molar-refractivity contribution < 1.29 is 9.53 Å². The van der Waals surface area contributed by atoms with Crippen molar-refractivity contribution >= 4 is 11.7 Å². The lowest BCUT2D eigenvalue weighted by Gasteiger charge is -2.10. The van der Waals surface area contributed by atoms with Crippen LogP contribution in [-0.2, 0) is 16.0 Å². The number of hydrogen-bond acceptors (Lipinski definition) is 4. The number of nitrogen functional groups attached to an aromatic ring is 1. The van der Waals surface area contributed by atoms with Gasteiger partial charge in [0.1, 0.15) is 6.04 Å². The van der Waals surface area contributed by atoms with Crippen LogP contribution in [0, 0.1) is 0 Å². The Bertz CT molecular complexity index is 349. The van der Waals surface area contributed by atoms with E-state index >= 15 is 0 Å². The molecule has 4 heteroatoms. The van der Waals surface area contributed by atoms with Crippen LogP contribution < -0.4 is 11.5 Å². The van der Waals surface area contributed by atoms with E-state index in [1.165, 1.54) is 5.56 Å². The number of benzene rings is 1. The van der Waals surface area contributed by atoms with Crippen molar-refractivity contribution in [2.24, 2.45) is 5.73 Å². The molecular formula is C13H20N2O2. The van der Waals surface area contributed by atoms with Crippen LogP contribution in [0.15, 0.2) is 24.3 Å². The number of anilines is 1. The average Bonchev–Trinajstić information content (AvgIpc) is 2.32. The number of ether oxygens (including phenoxy) is 1. The molecule has 0 spiro atoms.